The Kier molecular flexibility index (Phi) is 7.37. The zero-order valence-electron chi connectivity index (χ0n) is 21.8. The summed E-state index contributed by atoms with van der Waals surface area (Å²) in [6.07, 6.45) is -0.710. The zero-order chi connectivity index (χ0) is 26.1. The molecule has 3 aromatic rings. The maximum Gasteiger partial charge on any atom is 0.330 e. The molecule has 2 atom stereocenters. The minimum Gasteiger partial charge on any atom is -0.427 e. The highest BCUT2D eigenvalue weighted by molar-refractivity contribution is 6.47. The number of aliphatic hydroxyl groups is 1. The maximum absolute atomic E-state index is 15.4. The second-order valence-electron chi connectivity index (χ2n) is 10.3. The van der Waals surface area contributed by atoms with Gasteiger partial charge in [-0.05, 0) is 46.4 Å². The van der Waals surface area contributed by atoms with Gasteiger partial charge in [0.15, 0.2) is 0 Å². The van der Waals surface area contributed by atoms with Gasteiger partial charge in [-0.25, -0.2) is 9.38 Å². The molecule has 4 rings (SSSR count). The molecule has 36 heavy (non-hydrogen) atoms. The van der Waals surface area contributed by atoms with Crippen molar-refractivity contribution in [1.29, 1.82) is 0 Å². The number of halogens is 1. The van der Waals surface area contributed by atoms with E-state index >= 15 is 4.39 Å². The zero-order valence-corrected chi connectivity index (χ0v) is 21.8. The Morgan fingerprint density at radius 2 is 1.53 bits per heavy atom. The van der Waals surface area contributed by atoms with E-state index in [1.54, 1.807) is 27.4 Å². The first-order valence-corrected chi connectivity index (χ1v) is 12.2. The monoisotopic (exact) mass is 486 g/mol. The van der Waals surface area contributed by atoms with Gasteiger partial charge in [0.25, 0.3) is 0 Å². The summed E-state index contributed by atoms with van der Waals surface area (Å²) in [5.41, 5.74) is 1.35. The molecule has 1 heterocycles. The molecule has 0 bridgehead atoms. The lowest BCUT2D eigenvalue weighted by Gasteiger charge is -2.45. The van der Waals surface area contributed by atoms with Gasteiger partial charge < -0.3 is 14.7 Å². The van der Waals surface area contributed by atoms with Crippen LogP contribution in [0.25, 0.3) is 0 Å². The van der Waals surface area contributed by atoms with E-state index < -0.39 is 17.4 Å². The first-order chi connectivity index (χ1) is 17.0. The Morgan fingerprint density at radius 1 is 0.917 bits per heavy atom. The third kappa shape index (κ3) is 5.24. The molecule has 0 aromatic heterocycles. The number of nitrogens with zero attached hydrogens (tertiary/aromatic N) is 3. The van der Waals surface area contributed by atoms with E-state index in [1.165, 1.54) is 6.07 Å². The van der Waals surface area contributed by atoms with Crippen LogP contribution in [-0.2, 0) is 4.65 Å². The van der Waals surface area contributed by atoms with Crippen molar-refractivity contribution in [3.8, 4) is 0 Å². The van der Waals surface area contributed by atoms with Gasteiger partial charge >= 0.3 is 7.48 Å². The normalized spacial score (nSPS) is 19.2. The third-order valence-electron chi connectivity index (χ3n) is 7.11. The molecular formula is C29H34BFN3O2. The van der Waals surface area contributed by atoms with E-state index in [-0.39, 0.29) is 12.0 Å². The van der Waals surface area contributed by atoms with Crippen molar-refractivity contribution in [2.45, 2.75) is 51.2 Å². The van der Waals surface area contributed by atoms with Crippen LogP contribution in [0.15, 0.2) is 83.9 Å². The molecule has 3 aromatic carbocycles. The molecule has 0 spiro atoms. The second kappa shape index (κ2) is 10.2. The van der Waals surface area contributed by atoms with Crippen LogP contribution >= 0.6 is 0 Å². The largest absolute Gasteiger partial charge is 0.427 e. The molecule has 0 aliphatic carbocycles. The van der Waals surface area contributed by atoms with Gasteiger partial charge in [0.05, 0.1) is 11.2 Å². The Labute approximate surface area is 214 Å². The number of hydrogen-bond acceptors (Lipinski definition) is 5. The van der Waals surface area contributed by atoms with Gasteiger partial charge in [-0.2, -0.15) is 0 Å². The second-order valence-corrected chi connectivity index (χ2v) is 10.3. The van der Waals surface area contributed by atoms with Crippen LogP contribution in [0.1, 0.15) is 56.7 Å². The molecule has 7 heteroatoms. The van der Waals surface area contributed by atoms with Gasteiger partial charge in [-0.3, -0.25) is 4.90 Å². The highest BCUT2D eigenvalue weighted by atomic mass is 19.1. The van der Waals surface area contributed by atoms with Crippen molar-refractivity contribution in [2.24, 2.45) is 4.99 Å². The van der Waals surface area contributed by atoms with Crippen molar-refractivity contribution in [3.63, 3.8) is 0 Å². The minimum atomic E-state index is -1.06. The Balaban J connectivity index is 1.74. The summed E-state index contributed by atoms with van der Waals surface area (Å²) in [6, 6.07) is 25.0. The smallest absolute Gasteiger partial charge is 0.330 e. The van der Waals surface area contributed by atoms with Crippen LogP contribution in [0.5, 0.6) is 0 Å². The predicted molar refractivity (Wildman–Crippen MR) is 144 cm³/mol. The van der Waals surface area contributed by atoms with Crippen LogP contribution in [-0.4, -0.2) is 53.5 Å². The van der Waals surface area contributed by atoms with Gasteiger partial charge in [-0.15, -0.1) is 0 Å². The van der Waals surface area contributed by atoms with Gasteiger partial charge in [-0.1, -0.05) is 78.3 Å². The van der Waals surface area contributed by atoms with Crippen LogP contribution in [0.4, 0.5) is 4.39 Å². The van der Waals surface area contributed by atoms with E-state index in [0.717, 1.165) is 17.0 Å². The minimum absolute atomic E-state index is 0.292. The quantitative estimate of drug-likeness (QED) is 0.494. The van der Waals surface area contributed by atoms with Crippen LogP contribution in [0, 0.1) is 5.82 Å². The third-order valence-corrected chi connectivity index (χ3v) is 7.11. The number of hydrogen-bond donors (Lipinski definition) is 1. The number of aliphatic imine (C=N–C) groups is 1. The fourth-order valence-electron chi connectivity index (χ4n) is 4.24. The molecule has 1 N–H and O–H groups in total. The molecule has 0 amide bonds. The van der Waals surface area contributed by atoms with Crippen molar-refractivity contribution in [1.82, 2.24) is 9.80 Å². The molecule has 1 radical (unpaired) electrons. The lowest BCUT2D eigenvalue weighted by atomic mass is 9.81. The predicted octanol–water partition coefficient (Wildman–Crippen LogP) is 4.66. The molecule has 0 fully saturated rings. The summed E-state index contributed by atoms with van der Waals surface area (Å²) in [6.45, 7) is 7.06. The topological polar surface area (TPSA) is 48.3 Å². The molecular weight excluding hydrogens is 452 g/mol. The van der Waals surface area contributed by atoms with E-state index in [2.05, 4.69) is 4.90 Å². The Morgan fingerprint density at radius 3 is 2.14 bits per heavy atom. The highest BCUT2D eigenvalue weighted by Gasteiger charge is 2.38. The summed E-state index contributed by atoms with van der Waals surface area (Å²) in [5, 5.41) is 10.4. The van der Waals surface area contributed by atoms with Crippen molar-refractivity contribution in [2.75, 3.05) is 14.1 Å². The van der Waals surface area contributed by atoms with Crippen molar-refractivity contribution in [3.05, 3.63) is 101 Å². The first kappa shape index (κ1) is 26.1. The number of rotatable bonds is 7. The Hall–Kier alpha value is -3.00. The molecule has 1 aliphatic heterocycles. The van der Waals surface area contributed by atoms with Gasteiger partial charge in [0.1, 0.15) is 24.0 Å². The summed E-state index contributed by atoms with van der Waals surface area (Å²) in [7, 11) is 5.50. The first-order valence-electron chi connectivity index (χ1n) is 12.2. The van der Waals surface area contributed by atoms with E-state index in [9.17, 15) is 5.11 Å². The summed E-state index contributed by atoms with van der Waals surface area (Å²) in [5.74, 6) is 0.486. The van der Waals surface area contributed by atoms with E-state index in [4.69, 9.17) is 9.65 Å². The Bertz CT molecular complexity index is 1210. The standard InChI is InChI=1S/C29H34BFN3O2/c1-28(2,35)29(3,4)36-30-22-17-18-24(31)23(19-22)27-33(5)25(20-13-9-7-10-14-20)32-26(34(27)6)21-15-11-8-12-16-21/h7-19,25,27,35H,1-6H3. The maximum atomic E-state index is 15.4. The number of benzene rings is 3. The van der Waals surface area contributed by atoms with Gasteiger partial charge in [0, 0.05) is 18.2 Å². The number of amidine groups is 1. The molecule has 0 saturated heterocycles. The van der Waals surface area contributed by atoms with E-state index in [1.807, 2.05) is 99.6 Å². The van der Waals surface area contributed by atoms with Crippen LogP contribution in [0.2, 0.25) is 0 Å². The highest BCUT2D eigenvalue weighted by Crippen LogP contribution is 2.38. The fourth-order valence-corrected chi connectivity index (χ4v) is 4.24. The van der Waals surface area contributed by atoms with Crippen molar-refractivity contribution < 1.29 is 14.2 Å². The molecule has 0 saturated carbocycles. The van der Waals surface area contributed by atoms with E-state index in [0.29, 0.717) is 11.0 Å². The molecule has 5 nitrogen and oxygen atoms in total. The molecule has 2 unspecified atom stereocenters. The summed E-state index contributed by atoms with van der Waals surface area (Å²) >= 11 is 0. The average Bonchev–Trinajstić information content (AvgIpc) is 2.85. The van der Waals surface area contributed by atoms with Gasteiger partial charge in [0.2, 0.25) is 0 Å². The average molecular weight is 486 g/mol. The fraction of sp³-hybridized carbons (Fsp3) is 0.345. The lowest BCUT2D eigenvalue weighted by molar-refractivity contribution is -0.0893. The molecule has 187 valence electrons. The summed E-state index contributed by atoms with van der Waals surface area (Å²) < 4.78 is 21.4. The van der Waals surface area contributed by atoms with Crippen molar-refractivity contribution >= 4 is 18.8 Å². The molecule has 1 aliphatic rings. The summed E-state index contributed by atoms with van der Waals surface area (Å²) in [4.78, 5) is 9.18. The van der Waals surface area contributed by atoms with Crippen LogP contribution in [0.3, 0.4) is 0 Å². The SMILES string of the molecule is CN1C(c2ccccc2)=NC(c2ccccc2)N(C)C1c1cc([B]OC(C)(C)C(C)(C)O)ccc1F. The lowest BCUT2D eigenvalue weighted by Crippen LogP contribution is -2.49. The van der Waals surface area contributed by atoms with Crippen LogP contribution < -0.4 is 5.46 Å².